The molecule has 2 rings (SSSR count). The van der Waals surface area contributed by atoms with Crippen molar-refractivity contribution in [2.24, 2.45) is 17.4 Å². The molecule has 0 aromatic heterocycles. The Morgan fingerprint density at radius 2 is 1.90 bits per heavy atom. The number of hydrogen-bond donors (Lipinski definition) is 2. The number of primary amides is 1. The number of rotatable bonds is 5. The lowest BCUT2D eigenvalue weighted by Crippen LogP contribution is -2.20. The minimum Gasteiger partial charge on any atom is -0.370 e. The Balaban J connectivity index is 2.31. The monoisotopic (exact) mass is 270 g/mol. The van der Waals surface area contributed by atoms with Gasteiger partial charge in [-0.25, -0.2) is 0 Å². The van der Waals surface area contributed by atoms with E-state index >= 15 is 0 Å². The zero-order valence-corrected chi connectivity index (χ0v) is 12.1. The van der Waals surface area contributed by atoms with Gasteiger partial charge in [-0.15, -0.1) is 0 Å². The molecule has 0 saturated heterocycles. The molecule has 2 atom stereocenters. The summed E-state index contributed by atoms with van der Waals surface area (Å²) in [7, 11) is 0. The largest absolute Gasteiger partial charge is 0.370 e. The molecule has 0 radical (unpaired) electrons. The molecular formula is C17H22N2O. The van der Waals surface area contributed by atoms with Crippen molar-refractivity contribution in [3.63, 3.8) is 0 Å². The summed E-state index contributed by atoms with van der Waals surface area (Å²) in [5.41, 5.74) is 14.0. The summed E-state index contributed by atoms with van der Waals surface area (Å²) in [5, 5.41) is 2.40. The molecule has 0 fully saturated rings. The van der Waals surface area contributed by atoms with Crippen LogP contribution in [0, 0.1) is 12.8 Å². The van der Waals surface area contributed by atoms with E-state index in [1.54, 1.807) is 0 Å². The van der Waals surface area contributed by atoms with Crippen molar-refractivity contribution < 1.29 is 4.79 Å². The Labute approximate surface area is 120 Å². The third-order valence-corrected chi connectivity index (χ3v) is 3.77. The minimum absolute atomic E-state index is 0.0737. The van der Waals surface area contributed by atoms with Crippen LogP contribution in [0.4, 0.5) is 0 Å². The van der Waals surface area contributed by atoms with E-state index in [0.717, 1.165) is 6.42 Å². The van der Waals surface area contributed by atoms with Crippen LogP contribution in [0.2, 0.25) is 0 Å². The first-order valence-electron chi connectivity index (χ1n) is 7.01. The standard InChI is InChI=1S/C17H22N2O/c1-11(10-16(19)20)9-15(18)17-12(2)7-8-13-5-3-4-6-14(13)17/h3-8,11,15H,9-10,18H2,1-2H3,(H2,19,20). The maximum Gasteiger partial charge on any atom is 0.217 e. The lowest BCUT2D eigenvalue weighted by Gasteiger charge is -2.20. The fraction of sp³-hybridized carbons (Fsp3) is 0.353. The number of aryl methyl sites for hydroxylation is 1. The summed E-state index contributed by atoms with van der Waals surface area (Å²) in [5.74, 6) is -0.0692. The molecule has 0 aliphatic heterocycles. The van der Waals surface area contributed by atoms with Gasteiger partial charge in [0, 0.05) is 12.5 Å². The van der Waals surface area contributed by atoms with E-state index in [-0.39, 0.29) is 17.9 Å². The van der Waals surface area contributed by atoms with Gasteiger partial charge in [0.25, 0.3) is 0 Å². The fourth-order valence-corrected chi connectivity index (χ4v) is 2.87. The van der Waals surface area contributed by atoms with Crippen LogP contribution in [0.15, 0.2) is 36.4 Å². The van der Waals surface area contributed by atoms with E-state index in [1.807, 2.05) is 19.1 Å². The third kappa shape index (κ3) is 3.17. The van der Waals surface area contributed by atoms with E-state index in [4.69, 9.17) is 11.5 Å². The van der Waals surface area contributed by atoms with Crippen LogP contribution in [0.5, 0.6) is 0 Å². The van der Waals surface area contributed by atoms with Crippen LogP contribution in [-0.2, 0) is 4.79 Å². The molecule has 0 spiro atoms. The molecule has 4 N–H and O–H groups in total. The van der Waals surface area contributed by atoms with Gasteiger partial charge in [-0.1, -0.05) is 43.3 Å². The van der Waals surface area contributed by atoms with Crippen LogP contribution in [-0.4, -0.2) is 5.91 Å². The molecule has 3 heteroatoms. The molecule has 20 heavy (non-hydrogen) atoms. The molecule has 2 aromatic rings. The second kappa shape index (κ2) is 6.06. The number of fused-ring (bicyclic) bond motifs is 1. The number of carbonyl (C=O) groups is 1. The van der Waals surface area contributed by atoms with Gasteiger partial charge >= 0.3 is 0 Å². The number of nitrogens with two attached hydrogens (primary N) is 2. The average Bonchev–Trinajstić information content (AvgIpc) is 2.37. The van der Waals surface area contributed by atoms with Crippen LogP contribution >= 0.6 is 0 Å². The number of amides is 1. The Hall–Kier alpha value is -1.87. The van der Waals surface area contributed by atoms with Gasteiger partial charge in [0.1, 0.15) is 0 Å². The van der Waals surface area contributed by atoms with Crippen LogP contribution < -0.4 is 11.5 Å². The van der Waals surface area contributed by atoms with Crippen molar-refractivity contribution in [2.45, 2.75) is 32.7 Å². The predicted molar refractivity (Wildman–Crippen MR) is 83.2 cm³/mol. The van der Waals surface area contributed by atoms with Gasteiger partial charge < -0.3 is 11.5 Å². The molecule has 0 saturated carbocycles. The second-order valence-electron chi connectivity index (χ2n) is 5.64. The lowest BCUT2D eigenvalue weighted by atomic mass is 9.88. The van der Waals surface area contributed by atoms with E-state index in [0.29, 0.717) is 6.42 Å². The van der Waals surface area contributed by atoms with E-state index in [9.17, 15) is 4.79 Å². The molecule has 0 aliphatic carbocycles. The number of carbonyl (C=O) groups excluding carboxylic acids is 1. The van der Waals surface area contributed by atoms with Crippen molar-refractivity contribution in [1.82, 2.24) is 0 Å². The van der Waals surface area contributed by atoms with Crippen molar-refractivity contribution in [2.75, 3.05) is 0 Å². The first kappa shape index (κ1) is 14.5. The maximum absolute atomic E-state index is 11.0. The Bertz CT molecular complexity index is 621. The molecule has 0 aliphatic rings. The molecule has 106 valence electrons. The third-order valence-electron chi connectivity index (χ3n) is 3.77. The lowest BCUT2D eigenvalue weighted by molar-refractivity contribution is -0.118. The highest BCUT2D eigenvalue weighted by molar-refractivity contribution is 5.87. The van der Waals surface area contributed by atoms with Gasteiger partial charge in [-0.3, -0.25) is 4.79 Å². The summed E-state index contributed by atoms with van der Waals surface area (Å²) in [4.78, 5) is 11.0. The van der Waals surface area contributed by atoms with Crippen LogP contribution in [0.1, 0.15) is 36.9 Å². The van der Waals surface area contributed by atoms with Gasteiger partial charge in [0.2, 0.25) is 5.91 Å². The quantitative estimate of drug-likeness (QED) is 0.876. The molecule has 2 unspecified atom stereocenters. The molecule has 1 amide bonds. The Kier molecular flexibility index (Phi) is 4.40. The Morgan fingerprint density at radius 1 is 1.20 bits per heavy atom. The van der Waals surface area contributed by atoms with Crippen molar-refractivity contribution in [3.05, 3.63) is 47.5 Å². The second-order valence-corrected chi connectivity index (χ2v) is 5.64. The van der Waals surface area contributed by atoms with Crippen molar-refractivity contribution in [1.29, 1.82) is 0 Å². The molecule has 0 heterocycles. The average molecular weight is 270 g/mol. The van der Waals surface area contributed by atoms with E-state index in [2.05, 4.69) is 31.2 Å². The van der Waals surface area contributed by atoms with Crippen molar-refractivity contribution >= 4 is 16.7 Å². The summed E-state index contributed by atoms with van der Waals surface area (Å²) >= 11 is 0. The first-order valence-corrected chi connectivity index (χ1v) is 7.01. The van der Waals surface area contributed by atoms with Crippen molar-refractivity contribution in [3.8, 4) is 0 Å². The predicted octanol–water partition coefficient (Wildman–Crippen LogP) is 3.05. The summed E-state index contributed by atoms with van der Waals surface area (Å²) in [6.07, 6.45) is 1.15. The summed E-state index contributed by atoms with van der Waals surface area (Å²) in [6.45, 7) is 4.10. The highest BCUT2D eigenvalue weighted by atomic mass is 16.1. The number of hydrogen-bond acceptors (Lipinski definition) is 2. The van der Waals surface area contributed by atoms with Crippen LogP contribution in [0.3, 0.4) is 0 Å². The molecule has 3 nitrogen and oxygen atoms in total. The highest BCUT2D eigenvalue weighted by Gasteiger charge is 2.17. The van der Waals surface area contributed by atoms with E-state index in [1.165, 1.54) is 21.9 Å². The molecular weight excluding hydrogens is 248 g/mol. The highest BCUT2D eigenvalue weighted by Crippen LogP contribution is 2.30. The summed E-state index contributed by atoms with van der Waals surface area (Å²) < 4.78 is 0. The Morgan fingerprint density at radius 3 is 2.60 bits per heavy atom. The van der Waals surface area contributed by atoms with Crippen LogP contribution in [0.25, 0.3) is 10.8 Å². The topological polar surface area (TPSA) is 69.1 Å². The zero-order valence-electron chi connectivity index (χ0n) is 12.1. The van der Waals surface area contributed by atoms with Gasteiger partial charge in [-0.05, 0) is 41.2 Å². The van der Waals surface area contributed by atoms with Gasteiger partial charge in [-0.2, -0.15) is 0 Å². The minimum atomic E-state index is -0.264. The normalized spacial score (nSPS) is 14.2. The van der Waals surface area contributed by atoms with Gasteiger partial charge in [0.15, 0.2) is 0 Å². The zero-order chi connectivity index (χ0) is 14.7. The first-order chi connectivity index (χ1) is 9.49. The smallest absolute Gasteiger partial charge is 0.217 e. The SMILES string of the molecule is Cc1ccc2ccccc2c1C(N)CC(C)CC(N)=O. The number of benzene rings is 2. The summed E-state index contributed by atoms with van der Waals surface area (Å²) in [6, 6.07) is 12.4. The molecule has 2 aromatic carbocycles. The molecule has 0 bridgehead atoms. The van der Waals surface area contributed by atoms with Gasteiger partial charge in [0.05, 0.1) is 0 Å². The van der Waals surface area contributed by atoms with E-state index < -0.39 is 0 Å². The maximum atomic E-state index is 11.0. The fourth-order valence-electron chi connectivity index (χ4n) is 2.87.